The van der Waals surface area contributed by atoms with Crippen molar-refractivity contribution in [2.75, 3.05) is 30.4 Å². The Morgan fingerprint density at radius 1 is 1.56 bits per heavy atom. The van der Waals surface area contributed by atoms with Gasteiger partial charge in [-0.05, 0) is 26.1 Å². The molecule has 1 atom stereocenters. The van der Waals surface area contributed by atoms with Gasteiger partial charge in [0.25, 0.3) is 0 Å². The Hall–Kier alpha value is -1.81. The Kier molecular flexibility index (Phi) is 3.67. The van der Waals surface area contributed by atoms with Crippen LogP contribution >= 0.6 is 0 Å². The smallest absolute Gasteiger partial charge is 0.246 e. The highest BCUT2D eigenvalue weighted by Gasteiger charge is 2.29. The van der Waals surface area contributed by atoms with Gasteiger partial charge in [0.2, 0.25) is 5.91 Å². The second-order valence-corrected chi connectivity index (χ2v) is 4.31. The summed E-state index contributed by atoms with van der Waals surface area (Å²) in [5.74, 6) is 0.0106. The van der Waals surface area contributed by atoms with Crippen molar-refractivity contribution in [2.45, 2.75) is 13.0 Å². The zero-order valence-corrected chi connectivity index (χ0v) is 10.9. The average Bonchev–Trinajstić information content (AvgIpc) is 2.70. The maximum absolute atomic E-state index is 11.7. The molecule has 1 unspecified atom stereocenters. The zero-order valence-electron chi connectivity index (χ0n) is 10.9. The van der Waals surface area contributed by atoms with Gasteiger partial charge in [-0.2, -0.15) is 0 Å². The third-order valence-electron chi connectivity index (χ3n) is 3.25. The molecular weight excluding hydrogens is 226 g/mol. The first-order chi connectivity index (χ1) is 8.71. The first-order valence-corrected chi connectivity index (χ1v) is 6.19. The number of fused-ring (bicyclic) bond motifs is 1. The van der Waals surface area contributed by atoms with Crippen LogP contribution in [0, 0.1) is 0 Å². The van der Waals surface area contributed by atoms with Crippen molar-refractivity contribution in [3.8, 4) is 0 Å². The number of amides is 1. The van der Waals surface area contributed by atoms with Crippen molar-refractivity contribution in [2.24, 2.45) is 0 Å². The second kappa shape index (κ2) is 5.23. The molecule has 18 heavy (non-hydrogen) atoms. The van der Waals surface area contributed by atoms with Gasteiger partial charge in [0.05, 0.1) is 0 Å². The molecule has 0 bridgehead atoms. The SMILES string of the molecule is C=CCN(CC)c1ccc2c(c1)NC(=O)C2NC. The van der Waals surface area contributed by atoms with E-state index in [4.69, 9.17) is 0 Å². The lowest BCUT2D eigenvalue weighted by Gasteiger charge is -2.22. The van der Waals surface area contributed by atoms with Crippen LogP contribution in [0.15, 0.2) is 30.9 Å². The van der Waals surface area contributed by atoms with Gasteiger partial charge in [0.15, 0.2) is 0 Å². The molecule has 0 saturated carbocycles. The molecule has 2 N–H and O–H groups in total. The third-order valence-corrected chi connectivity index (χ3v) is 3.25. The van der Waals surface area contributed by atoms with Gasteiger partial charge in [-0.3, -0.25) is 4.79 Å². The number of hydrogen-bond acceptors (Lipinski definition) is 3. The Bertz CT molecular complexity index is 470. The largest absolute Gasteiger partial charge is 0.368 e. The van der Waals surface area contributed by atoms with E-state index in [1.54, 1.807) is 7.05 Å². The molecule has 1 aromatic carbocycles. The van der Waals surface area contributed by atoms with Crippen molar-refractivity contribution in [1.82, 2.24) is 5.32 Å². The molecule has 0 saturated heterocycles. The number of carbonyl (C=O) groups excluding carboxylic acids is 1. The number of anilines is 2. The zero-order chi connectivity index (χ0) is 13.1. The van der Waals surface area contributed by atoms with E-state index in [2.05, 4.69) is 35.1 Å². The molecule has 4 heteroatoms. The summed E-state index contributed by atoms with van der Waals surface area (Å²) in [5, 5.41) is 5.92. The van der Waals surface area contributed by atoms with Crippen LogP contribution in [0.25, 0.3) is 0 Å². The molecule has 0 fully saturated rings. The highest BCUT2D eigenvalue weighted by atomic mass is 16.2. The minimum absolute atomic E-state index is 0.0106. The molecule has 1 heterocycles. The third kappa shape index (κ3) is 2.11. The van der Waals surface area contributed by atoms with Crippen LogP contribution in [0.3, 0.4) is 0 Å². The fourth-order valence-electron chi connectivity index (χ4n) is 2.31. The van der Waals surface area contributed by atoms with Crippen LogP contribution in [0.2, 0.25) is 0 Å². The first-order valence-electron chi connectivity index (χ1n) is 6.19. The quantitative estimate of drug-likeness (QED) is 0.779. The highest BCUT2D eigenvalue weighted by Crippen LogP contribution is 2.33. The van der Waals surface area contributed by atoms with Gasteiger partial charge in [-0.15, -0.1) is 6.58 Å². The molecule has 4 nitrogen and oxygen atoms in total. The van der Waals surface area contributed by atoms with E-state index in [0.717, 1.165) is 30.0 Å². The van der Waals surface area contributed by atoms with E-state index in [1.165, 1.54) is 0 Å². The summed E-state index contributed by atoms with van der Waals surface area (Å²) >= 11 is 0. The van der Waals surface area contributed by atoms with Crippen LogP contribution in [-0.4, -0.2) is 26.0 Å². The Morgan fingerprint density at radius 2 is 2.33 bits per heavy atom. The monoisotopic (exact) mass is 245 g/mol. The number of nitrogens with one attached hydrogen (secondary N) is 2. The Balaban J connectivity index is 2.31. The van der Waals surface area contributed by atoms with E-state index >= 15 is 0 Å². The van der Waals surface area contributed by atoms with Crippen LogP contribution in [0.1, 0.15) is 18.5 Å². The number of benzene rings is 1. The fraction of sp³-hybridized carbons (Fsp3) is 0.357. The van der Waals surface area contributed by atoms with Crippen molar-refractivity contribution in [3.63, 3.8) is 0 Å². The molecule has 1 aliphatic rings. The predicted octanol–water partition coefficient (Wildman–Crippen LogP) is 1.91. The minimum atomic E-state index is -0.233. The molecule has 0 aromatic heterocycles. The summed E-state index contributed by atoms with van der Waals surface area (Å²) in [7, 11) is 1.79. The summed E-state index contributed by atoms with van der Waals surface area (Å²) < 4.78 is 0. The molecule has 1 aromatic rings. The van der Waals surface area contributed by atoms with Crippen molar-refractivity contribution in [1.29, 1.82) is 0 Å². The van der Waals surface area contributed by atoms with Gasteiger partial charge in [0.1, 0.15) is 6.04 Å². The van der Waals surface area contributed by atoms with Gasteiger partial charge >= 0.3 is 0 Å². The molecule has 2 rings (SSSR count). The van der Waals surface area contributed by atoms with Crippen LogP contribution < -0.4 is 15.5 Å². The van der Waals surface area contributed by atoms with Crippen molar-refractivity contribution in [3.05, 3.63) is 36.4 Å². The topological polar surface area (TPSA) is 44.4 Å². The number of carbonyl (C=O) groups is 1. The lowest BCUT2D eigenvalue weighted by molar-refractivity contribution is -0.117. The molecule has 0 spiro atoms. The van der Waals surface area contributed by atoms with E-state index in [-0.39, 0.29) is 11.9 Å². The molecular formula is C14H19N3O. The average molecular weight is 245 g/mol. The van der Waals surface area contributed by atoms with Crippen LogP contribution in [-0.2, 0) is 4.79 Å². The van der Waals surface area contributed by atoms with Crippen molar-refractivity contribution < 1.29 is 4.79 Å². The number of hydrogen-bond donors (Lipinski definition) is 2. The first kappa shape index (κ1) is 12.6. The van der Waals surface area contributed by atoms with Crippen LogP contribution in [0.4, 0.5) is 11.4 Å². The Morgan fingerprint density at radius 3 is 2.94 bits per heavy atom. The summed E-state index contributed by atoms with van der Waals surface area (Å²) in [6.07, 6.45) is 1.88. The summed E-state index contributed by atoms with van der Waals surface area (Å²) in [6, 6.07) is 5.85. The van der Waals surface area contributed by atoms with Crippen LogP contribution in [0.5, 0.6) is 0 Å². The summed E-state index contributed by atoms with van der Waals surface area (Å²) in [4.78, 5) is 13.9. The normalized spacial score (nSPS) is 17.2. The number of rotatable bonds is 5. The Labute approximate surface area is 108 Å². The number of likely N-dealkylation sites (N-methyl/N-ethyl adjacent to an activating group) is 2. The predicted molar refractivity (Wildman–Crippen MR) is 75.0 cm³/mol. The lowest BCUT2D eigenvalue weighted by Crippen LogP contribution is -2.23. The van der Waals surface area contributed by atoms with E-state index in [0.29, 0.717) is 0 Å². The van der Waals surface area contributed by atoms with E-state index in [9.17, 15) is 4.79 Å². The molecule has 1 amide bonds. The van der Waals surface area contributed by atoms with Gasteiger partial charge in [0, 0.05) is 30.0 Å². The van der Waals surface area contributed by atoms with Crippen molar-refractivity contribution >= 4 is 17.3 Å². The number of nitrogens with zero attached hydrogens (tertiary/aromatic N) is 1. The molecule has 1 aliphatic heterocycles. The molecule has 0 aliphatic carbocycles. The summed E-state index contributed by atoms with van der Waals surface area (Å²) in [5.41, 5.74) is 3.02. The van der Waals surface area contributed by atoms with Gasteiger partial charge in [-0.1, -0.05) is 12.1 Å². The second-order valence-electron chi connectivity index (χ2n) is 4.31. The fourth-order valence-corrected chi connectivity index (χ4v) is 2.31. The lowest BCUT2D eigenvalue weighted by atomic mass is 10.1. The van der Waals surface area contributed by atoms with Gasteiger partial charge < -0.3 is 15.5 Å². The van der Waals surface area contributed by atoms with E-state index < -0.39 is 0 Å². The van der Waals surface area contributed by atoms with Gasteiger partial charge in [-0.25, -0.2) is 0 Å². The minimum Gasteiger partial charge on any atom is -0.368 e. The molecule has 96 valence electrons. The highest BCUT2D eigenvalue weighted by molar-refractivity contribution is 6.03. The maximum Gasteiger partial charge on any atom is 0.246 e. The summed E-state index contributed by atoms with van der Waals surface area (Å²) in [6.45, 7) is 7.58. The standard InChI is InChI=1S/C14H19N3O/c1-4-8-17(5-2)10-6-7-11-12(9-10)16-14(18)13(11)15-3/h4,6-7,9,13,15H,1,5,8H2,2-3H3,(H,16,18). The maximum atomic E-state index is 11.7. The molecule has 0 radical (unpaired) electrons. The van der Waals surface area contributed by atoms with E-state index in [1.807, 2.05) is 18.2 Å².